The summed E-state index contributed by atoms with van der Waals surface area (Å²) in [5.41, 5.74) is 1.47. The van der Waals surface area contributed by atoms with Crippen molar-refractivity contribution >= 4 is 34.1 Å². The summed E-state index contributed by atoms with van der Waals surface area (Å²) in [5.74, 6) is 0. The molecule has 2 aromatic rings. The first-order valence-corrected chi connectivity index (χ1v) is 6.32. The molecule has 0 saturated carbocycles. The zero-order chi connectivity index (χ0) is 12.4. The second-order valence-corrected chi connectivity index (χ2v) is 4.74. The number of fused-ring (bicyclic) bond motifs is 1. The number of halogens is 2. The van der Waals surface area contributed by atoms with Crippen LogP contribution in [0.3, 0.4) is 0 Å². The van der Waals surface area contributed by atoms with Gasteiger partial charge < -0.3 is 4.57 Å². The van der Waals surface area contributed by atoms with Crippen LogP contribution in [0.15, 0.2) is 18.2 Å². The van der Waals surface area contributed by atoms with Gasteiger partial charge >= 0.3 is 0 Å². The third-order valence-electron chi connectivity index (χ3n) is 2.81. The molecule has 2 rings (SSSR count). The van der Waals surface area contributed by atoms with Gasteiger partial charge in [-0.3, -0.25) is 0 Å². The second-order valence-electron chi connectivity index (χ2n) is 3.94. The van der Waals surface area contributed by atoms with Gasteiger partial charge in [0.1, 0.15) is 11.2 Å². The maximum absolute atomic E-state index is 9.14. The SMILES string of the molecule is CCCCn1c(Cl)c(C#N)c2ccc(Cl)cc21. The number of rotatable bonds is 3. The van der Waals surface area contributed by atoms with Gasteiger partial charge in [0.2, 0.25) is 0 Å². The lowest BCUT2D eigenvalue weighted by molar-refractivity contribution is 0.650. The van der Waals surface area contributed by atoms with Gasteiger partial charge in [-0.2, -0.15) is 5.26 Å². The number of nitrogens with zero attached hydrogens (tertiary/aromatic N) is 2. The molecule has 0 saturated heterocycles. The Kier molecular flexibility index (Phi) is 3.61. The van der Waals surface area contributed by atoms with E-state index in [-0.39, 0.29) is 0 Å². The number of nitriles is 1. The fourth-order valence-electron chi connectivity index (χ4n) is 1.93. The number of hydrogen-bond donors (Lipinski definition) is 0. The summed E-state index contributed by atoms with van der Waals surface area (Å²) in [5, 5.41) is 11.2. The van der Waals surface area contributed by atoms with Crippen molar-refractivity contribution in [2.24, 2.45) is 0 Å². The smallest absolute Gasteiger partial charge is 0.128 e. The van der Waals surface area contributed by atoms with E-state index in [0.717, 1.165) is 30.3 Å². The topological polar surface area (TPSA) is 28.7 Å². The minimum Gasteiger partial charge on any atom is -0.330 e. The molecule has 0 bridgehead atoms. The van der Waals surface area contributed by atoms with Gasteiger partial charge in [-0.1, -0.05) is 36.5 Å². The predicted octanol–water partition coefficient (Wildman–Crippen LogP) is 4.62. The Morgan fingerprint density at radius 1 is 1.35 bits per heavy atom. The van der Waals surface area contributed by atoms with Crippen molar-refractivity contribution in [3.05, 3.63) is 33.9 Å². The molecular weight excluding hydrogens is 255 g/mol. The molecule has 0 amide bonds. The third-order valence-corrected chi connectivity index (χ3v) is 3.44. The van der Waals surface area contributed by atoms with Gasteiger partial charge in [-0.25, -0.2) is 0 Å². The van der Waals surface area contributed by atoms with E-state index in [1.165, 1.54) is 0 Å². The van der Waals surface area contributed by atoms with Crippen molar-refractivity contribution in [3.8, 4) is 6.07 Å². The highest BCUT2D eigenvalue weighted by atomic mass is 35.5. The molecule has 1 aromatic carbocycles. The number of hydrogen-bond acceptors (Lipinski definition) is 1. The van der Waals surface area contributed by atoms with Crippen LogP contribution >= 0.6 is 23.2 Å². The van der Waals surface area contributed by atoms with Crippen LogP contribution in [0, 0.1) is 11.3 Å². The first-order valence-electron chi connectivity index (χ1n) is 5.56. The summed E-state index contributed by atoms with van der Waals surface area (Å²) < 4.78 is 1.96. The van der Waals surface area contributed by atoms with Gasteiger partial charge in [0.25, 0.3) is 0 Å². The van der Waals surface area contributed by atoms with E-state index in [9.17, 15) is 0 Å². The average molecular weight is 267 g/mol. The summed E-state index contributed by atoms with van der Waals surface area (Å²) in [6, 6.07) is 7.65. The molecular formula is C13H12Cl2N2. The standard InChI is InChI=1S/C13H12Cl2N2/c1-2-3-6-17-12-7-9(14)4-5-10(12)11(8-16)13(17)15/h4-5,7H,2-3,6H2,1H3. The Labute approximate surface area is 110 Å². The molecule has 0 aliphatic heterocycles. The lowest BCUT2D eigenvalue weighted by Gasteiger charge is -2.05. The van der Waals surface area contributed by atoms with Crippen LogP contribution in [0.25, 0.3) is 10.9 Å². The molecule has 0 spiro atoms. The molecule has 17 heavy (non-hydrogen) atoms. The lowest BCUT2D eigenvalue weighted by Crippen LogP contribution is -1.97. The van der Waals surface area contributed by atoms with Crippen molar-refractivity contribution in [2.75, 3.05) is 0 Å². The highest BCUT2D eigenvalue weighted by Gasteiger charge is 2.15. The number of unbranched alkanes of at least 4 members (excludes halogenated alkanes) is 1. The minimum atomic E-state index is 0.512. The van der Waals surface area contributed by atoms with Crippen LogP contribution in [-0.2, 0) is 6.54 Å². The summed E-state index contributed by atoms with van der Waals surface area (Å²) >= 11 is 12.2. The normalized spacial score (nSPS) is 10.7. The quantitative estimate of drug-likeness (QED) is 0.797. The first kappa shape index (κ1) is 12.3. The lowest BCUT2D eigenvalue weighted by atomic mass is 10.2. The van der Waals surface area contributed by atoms with Crippen LogP contribution in [-0.4, -0.2) is 4.57 Å². The molecule has 0 aliphatic carbocycles. The van der Waals surface area contributed by atoms with Crippen LogP contribution in [0.4, 0.5) is 0 Å². The van der Waals surface area contributed by atoms with E-state index in [1.807, 2.05) is 16.7 Å². The largest absolute Gasteiger partial charge is 0.330 e. The van der Waals surface area contributed by atoms with Gasteiger partial charge in [0, 0.05) is 17.0 Å². The molecule has 0 N–H and O–H groups in total. The van der Waals surface area contributed by atoms with Crippen molar-refractivity contribution in [1.29, 1.82) is 5.26 Å². The molecule has 4 heteroatoms. The van der Waals surface area contributed by atoms with E-state index < -0.39 is 0 Å². The summed E-state index contributed by atoms with van der Waals surface area (Å²) in [7, 11) is 0. The fourth-order valence-corrected chi connectivity index (χ4v) is 2.42. The molecule has 0 fully saturated rings. The highest BCUT2D eigenvalue weighted by molar-refractivity contribution is 6.33. The van der Waals surface area contributed by atoms with Gasteiger partial charge in [0.05, 0.1) is 11.1 Å². The van der Waals surface area contributed by atoms with E-state index in [4.69, 9.17) is 28.5 Å². The molecule has 2 nitrogen and oxygen atoms in total. The highest BCUT2D eigenvalue weighted by Crippen LogP contribution is 2.31. The zero-order valence-corrected chi connectivity index (χ0v) is 11.0. The van der Waals surface area contributed by atoms with Crippen LogP contribution in [0.5, 0.6) is 0 Å². The number of aromatic nitrogens is 1. The molecule has 0 unspecified atom stereocenters. The van der Waals surface area contributed by atoms with E-state index >= 15 is 0 Å². The van der Waals surface area contributed by atoms with E-state index in [1.54, 1.807) is 6.07 Å². The Bertz CT molecular complexity index is 593. The van der Waals surface area contributed by atoms with Crippen molar-refractivity contribution in [3.63, 3.8) is 0 Å². The van der Waals surface area contributed by atoms with Gasteiger partial charge in [-0.15, -0.1) is 0 Å². The maximum atomic E-state index is 9.14. The van der Waals surface area contributed by atoms with Crippen molar-refractivity contribution in [1.82, 2.24) is 4.57 Å². The Morgan fingerprint density at radius 3 is 2.76 bits per heavy atom. The fraction of sp³-hybridized carbons (Fsp3) is 0.308. The van der Waals surface area contributed by atoms with Gasteiger partial charge in [0.15, 0.2) is 0 Å². The Hall–Kier alpha value is -1.17. The molecule has 0 aliphatic rings. The Morgan fingerprint density at radius 2 is 2.12 bits per heavy atom. The van der Waals surface area contributed by atoms with E-state index in [2.05, 4.69) is 13.0 Å². The van der Waals surface area contributed by atoms with Crippen LogP contribution in [0.1, 0.15) is 25.3 Å². The summed E-state index contributed by atoms with van der Waals surface area (Å²) in [4.78, 5) is 0. The monoisotopic (exact) mass is 266 g/mol. The van der Waals surface area contributed by atoms with Crippen molar-refractivity contribution < 1.29 is 0 Å². The predicted molar refractivity (Wildman–Crippen MR) is 71.6 cm³/mol. The zero-order valence-electron chi connectivity index (χ0n) is 9.50. The summed E-state index contributed by atoms with van der Waals surface area (Å²) in [6.45, 7) is 2.94. The molecule has 1 aromatic heterocycles. The number of benzene rings is 1. The molecule has 88 valence electrons. The first-order chi connectivity index (χ1) is 8.19. The molecule has 0 radical (unpaired) electrons. The Balaban J connectivity index is 2.68. The van der Waals surface area contributed by atoms with E-state index in [0.29, 0.717) is 15.7 Å². The van der Waals surface area contributed by atoms with Crippen LogP contribution in [0.2, 0.25) is 10.2 Å². The molecule has 1 heterocycles. The number of aryl methyl sites for hydroxylation is 1. The van der Waals surface area contributed by atoms with Crippen molar-refractivity contribution in [2.45, 2.75) is 26.3 Å². The maximum Gasteiger partial charge on any atom is 0.128 e. The third kappa shape index (κ3) is 2.13. The van der Waals surface area contributed by atoms with Crippen LogP contribution < -0.4 is 0 Å². The minimum absolute atomic E-state index is 0.512. The summed E-state index contributed by atoms with van der Waals surface area (Å²) in [6.07, 6.45) is 2.11. The van der Waals surface area contributed by atoms with Gasteiger partial charge in [-0.05, 0) is 24.6 Å². The second kappa shape index (κ2) is 5.00. The average Bonchev–Trinajstić information content (AvgIpc) is 2.58. The molecule has 0 atom stereocenters.